The Hall–Kier alpha value is -2.60. The third-order valence-electron chi connectivity index (χ3n) is 2.75. The van der Waals surface area contributed by atoms with E-state index in [1.54, 1.807) is 24.3 Å². The van der Waals surface area contributed by atoms with Crippen molar-refractivity contribution in [1.82, 2.24) is 0 Å². The predicted octanol–water partition coefficient (Wildman–Crippen LogP) is 3.51. The Morgan fingerprint density at radius 2 is 2.00 bits per heavy atom. The number of carbonyl (C=O) groups is 1. The molecule has 21 heavy (non-hydrogen) atoms. The van der Waals surface area contributed by atoms with Gasteiger partial charge in [0.15, 0.2) is 5.75 Å². The molecule has 0 fully saturated rings. The molecule has 1 amide bonds. The lowest BCUT2D eigenvalue weighted by atomic mass is 10.2. The number of nitrogens with zero attached hydrogens (tertiary/aromatic N) is 1. The van der Waals surface area contributed by atoms with Crippen molar-refractivity contribution in [1.29, 1.82) is 0 Å². The Bertz CT molecular complexity index is 703. The maximum atomic E-state index is 12.1. The first-order chi connectivity index (χ1) is 10.0. The van der Waals surface area contributed by atoms with Gasteiger partial charge in [-0.15, -0.1) is 0 Å². The lowest BCUT2D eigenvalue weighted by molar-refractivity contribution is -0.385. The molecule has 0 radical (unpaired) electrons. The van der Waals surface area contributed by atoms with Crippen LogP contribution in [0.1, 0.15) is 10.4 Å². The van der Waals surface area contributed by atoms with Crippen LogP contribution in [-0.4, -0.2) is 17.9 Å². The molecule has 0 aromatic heterocycles. The molecule has 0 saturated heterocycles. The Balaban J connectivity index is 2.28. The van der Waals surface area contributed by atoms with Crippen molar-refractivity contribution >= 4 is 28.9 Å². The molecule has 2 aromatic carbocycles. The highest BCUT2D eigenvalue weighted by atomic mass is 35.5. The van der Waals surface area contributed by atoms with E-state index in [0.717, 1.165) is 0 Å². The van der Waals surface area contributed by atoms with Gasteiger partial charge in [0, 0.05) is 11.8 Å². The van der Waals surface area contributed by atoms with Gasteiger partial charge in [-0.3, -0.25) is 14.9 Å². The summed E-state index contributed by atoms with van der Waals surface area (Å²) in [7, 11) is 1.34. The zero-order valence-electron chi connectivity index (χ0n) is 11.0. The molecule has 7 heteroatoms. The van der Waals surface area contributed by atoms with Crippen molar-refractivity contribution in [3.63, 3.8) is 0 Å². The van der Waals surface area contributed by atoms with Gasteiger partial charge >= 0.3 is 5.69 Å². The summed E-state index contributed by atoms with van der Waals surface area (Å²) in [5.74, 6) is -0.323. The molecule has 0 bridgehead atoms. The van der Waals surface area contributed by atoms with Crippen LogP contribution in [0.5, 0.6) is 5.75 Å². The van der Waals surface area contributed by atoms with Gasteiger partial charge in [0.1, 0.15) is 0 Å². The number of nitro groups is 1. The summed E-state index contributed by atoms with van der Waals surface area (Å²) < 4.78 is 4.89. The number of hydrogen-bond donors (Lipinski definition) is 1. The molecule has 2 rings (SSSR count). The number of ether oxygens (including phenoxy) is 1. The van der Waals surface area contributed by atoms with E-state index >= 15 is 0 Å². The first kappa shape index (κ1) is 14.8. The highest BCUT2D eigenvalue weighted by Gasteiger charge is 2.17. The summed E-state index contributed by atoms with van der Waals surface area (Å²) in [6, 6.07) is 10.7. The van der Waals surface area contributed by atoms with Gasteiger partial charge in [-0.05, 0) is 24.3 Å². The summed E-state index contributed by atoms with van der Waals surface area (Å²) in [5, 5.41) is 13.8. The van der Waals surface area contributed by atoms with Crippen LogP contribution in [0.2, 0.25) is 5.02 Å². The van der Waals surface area contributed by atoms with Crippen molar-refractivity contribution in [2.45, 2.75) is 0 Å². The summed E-state index contributed by atoms with van der Waals surface area (Å²) >= 11 is 5.93. The van der Waals surface area contributed by atoms with E-state index in [2.05, 4.69) is 5.32 Å². The van der Waals surface area contributed by atoms with Crippen LogP contribution in [-0.2, 0) is 0 Å². The number of nitrogens with one attached hydrogen (secondary N) is 1. The summed E-state index contributed by atoms with van der Waals surface area (Å²) in [5.41, 5.74) is 0.347. The molecule has 108 valence electrons. The molecule has 2 aromatic rings. The number of halogens is 1. The third kappa shape index (κ3) is 3.29. The van der Waals surface area contributed by atoms with Gasteiger partial charge in [0.2, 0.25) is 0 Å². The number of hydrogen-bond acceptors (Lipinski definition) is 4. The van der Waals surface area contributed by atoms with Crippen molar-refractivity contribution in [2.24, 2.45) is 0 Å². The van der Waals surface area contributed by atoms with Crippen LogP contribution in [0.3, 0.4) is 0 Å². The SMILES string of the molecule is COc1ccc(NC(=O)c2ccccc2Cl)cc1[N+](=O)[O-]. The number of methoxy groups -OCH3 is 1. The fourth-order valence-electron chi connectivity index (χ4n) is 1.75. The van der Waals surface area contributed by atoms with Crippen LogP contribution in [0.4, 0.5) is 11.4 Å². The van der Waals surface area contributed by atoms with Gasteiger partial charge in [0.25, 0.3) is 5.91 Å². The van der Waals surface area contributed by atoms with Crippen molar-refractivity contribution in [3.05, 3.63) is 63.2 Å². The standard InChI is InChI=1S/C14H11ClN2O4/c1-21-13-7-6-9(8-12(13)17(19)20)16-14(18)10-4-2-3-5-11(10)15/h2-8H,1H3,(H,16,18). The maximum Gasteiger partial charge on any atom is 0.312 e. The first-order valence-electron chi connectivity index (χ1n) is 5.91. The molecule has 1 N–H and O–H groups in total. The minimum atomic E-state index is -0.579. The van der Waals surface area contributed by atoms with Gasteiger partial charge in [-0.2, -0.15) is 0 Å². The molecule has 6 nitrogen and oxygen atoms in total. The monoisotopic (exact) mass is 306 g/mol. The summed E-state index contributed by atoms with van der Waals surface area (Å²) in [4.78, 5) is 22.4. The van der Waals surface area contributed by atoms with Crippen LogP contribution < -0.4 is 10.1 Å². The molecular formula is C14H11ClN2O4. The highest BCUT2D eigenvalue weighted by Crippen LogP contribution is 2.30. The normalized spacial score (nSPS) is 10.0. The van der Waals surface area contributed by atoms with Gasteiger partial charge in [-0.25, -0.2) is 0 Å². The molecule has 0 aliphatic rings. The Kier molecular flexibility index (Phi) is 4.39. The predicted molar refractivity (Wildman–Crippen MR) is 79.1 cm³/mol. The number of benzene rings is 2. The quantitative estimate of drug-likeness (QED) is 0.692. The van der Waals surface area contributed by atoms with E-state index in [1.807, 2.05) is 0 Å². The van der Waals surface area contributed by atoms with Crippen LogP contribution in [0.25, 0.3) is 0 Å². The van der Waals surface area contributed by atoms with Gasteiger partial charge < -0.3 is 10.1 Å². The second-order valence-corrected chi connectivity index (χ2v) is 4.48. The Morgan fingerprint density at radius 3 is 2.62 bits per heavy atom. The highest BCUT2D eigenvalue weighted by molar-refractivity contribution is 6.34. The molecule has 0 unspecified atom stereocenters. The van der Waals surface area contributed by atoms with Crippen LogP contribution >= 0.6 is 11.6 Å². The van der Waals surface area contributed by atoms with E-state index in [1.165, 1.54) is 25.3 Å². The van der Waals surface area contributed by atoms with Crippen LogP contribution in [0.15, 0.2) is 42.5 Å². The van der Waals surface area contributed by atoms with Gasteiger partial charge in [0.05, 0.1) is 22.6 Å². The van der Waals surface area contributed by atoms with Crippen LogP contribution in [0, 0.1) is 10.1 Å². The van der Waals surface area contributed by atoms with Crippen molar-refractivity contribution in [3.8, 4) is 5.75 Å². The molecule has 0 aliphatic carbocycles. The van der Waals surface area contributed by atoms with Gasteiger partial charge in [-0.1, -0.05) is 23.7 Å². The van der Waals surface area contributed by atoms with E-state index in [4.69, 9.17) is 16.3 Å². The molecule has 0 heterocycles. The number of nitro benzene ring substituents is 1. The average molecular weight is 307 g/mol. The largest absolute Gasteiger partial charge is 0.490 e. The summed E-state index contributed by atoms with van der Waals surface area (Å²) in [6.07, 6.45) is 0. The Labute approximate surface area is 125 Å². The fourth-order valence-corrected chi connectivity index (χ4v) is 1.98. The smallest absolute Gasteiger partial charge is 0.312 e. The van der Waals surface area contributed by atoms with E-state index in [-0.39, 0.29) is 22.7 Å². The summed E-state index contributed by atoms with van der Waals surface area (Å²) in [6.45, 7) is 0. The maximum absolute atomic E-state index is 12.1. The average Bonchev–Trinajstić information content (AvgIpc) is 2.47. The molecule has 0 aliphatic heterocycles. The number of amides is 1. The fraction of sp³-hybridized carbons (Fsp3) is 0.0714. The van der Waals surface area contributed by atoms with E-state index in [0.29, 0.717) is 5.02 Å². The minimum Gasteiger partial charge on any atom is -0.490 e. The van der Waals surface area contributed by atoms with Crippen molar-refractivity contribution in [2.75, 3.05) is 12.4 Å². The molecular weight excluding hydrogens is 296 g/mol. The van der Waals surface area contributed by atoms with E-state index < -0.39 is 10.8 Å². The minimum absolute atomic E-state index is 0.121. The lowest BCUT2D eigenvalue weighted by Gasteiger charge is -2.08. The number of rotatable bonds is 4. The molecule has 0 spiro atoms. The van der Waals surface area contributed by atoms with Crippen molar-refractivity contribution < 1.29 is 14.5 Å². The Morgan fingerprint density at radius 1 is 1.29 bits per heavy atom. The topological polar surface area (TPSA) is 81.5 Å². The molecule has 0 saturated carbocycles. The zero-order chi connectivity index (χ0) is 15.4. The second kappa shape index (κ2) is 6.23. The zero-order valence-corrected chi connectivity index (χ0v) is 11.8. The number of anilines is 1. The molecule has 0 atom stereocenters. The second-order valence-electron chi connectivity index (χ2n) is 4.08. The van der Waals surface area contributed by atoms with E-state index in [9.17, 15) is 14.9 Å². The third-order valence-corrected chi connectivity index (χ3v) is 3.08. The lowest BCUT2D eigenvalue weighted by Crippen LogP contribution is -2.12. The first-order valence-corrected chi connectivity index (χ1v) is 6.29. The number of carbonyl (C=O) groups excluding carboxylic acids is 1.